The number of rotatable bonds is 17. The first-order valence-corrected chi connectivity index (χ1v) is 15.1. The molecule has 1 aromatic rings. The number of amides is 1. The lowest BCUT2D eigenvalue weighted by atomic mass is 9.91. The predicted octanol–water partition coefficient (Wildman–Crippen LogP) is 6.04. The fraction of sp³-hybridized carbons (Fsp3) is 0.833. The maximum atomic E-state index is 14.5. The van der Waals surface area contributed by atoms with Crippen LogP contribution in [0.1, 0.15) is 112 Å². The minimum absolute atomic E-state index is 0.174. The van der Waals surface area contributed by atoms with E-state index in [0.29, 0.717) is 18.3 Å². The Labute approximate surface area is 238 Å². The van der Waals surface area contributed by atoms with Gasteiger partial charge in [0.2, 0.25) is 0 Å². The number of ether oxygens (including phenoxy) is 2. The monoisotopic (exact) mass is 569 g/mol. The highest BCUT2D eigenvalue weighted by Gasteiger charge is 2.42. The quantitative estimate of drug-likeness (QED) is 0.209. The molecule has 2 rings (SSSR count). The van der Waals surface area contributed by atoms with Crippen LogP contribution in [0.15, 0.2) is 11.0 Å². The molecule has 0 aromatic carbocycles. The van der Waals surface area contributed by atoms with Crippen LogP contribution in [0.3, 0.4) is 0 Å². The zero-order valence-corrected chi connectivity index (χ0v) is 25.3. The molecule has 10 heteroatoms. The molecule has 40 heavy (non-hydrogen) atoms. The van der Waals surface area contributed by atoms with Crippen LogP contribution >= 0.6 is 0 Å². The number of aliphatic hydroxyl groups is 2. The molecule has 230 valence electrons. The van der Waals surface area contributed by atoms with Gasteiger partial charge in [-0.1, -0.05) is 92.4 Å². The van der Waals surface area contributed by atoms with Crippen LogP contribution in [0.2, 0.25) is 0 Å². The highest BCUT2D eigenvalue weighted by molar-refractivity contribution is 5.83. The Hall–Kier alpha value is -2.04. The van der Waals surface area contributed by atoms with Crippen molar-refractivity contribution < 1.29 is 28.9 Å². The van der Waals surface area contributed by atoms with Crippen LogP contribution in [-0.2, 0) is 9.47 Å². The zero-order chi connectivity index (χ0) is 29.8. The first-order valence-electron chi connectivity index (χ1n) is 15.1. The number of hydrogen-bond acceptors (Lipinski definition) is 7. The summed E-state index contributed by atoms with van der Waals surface area (Å²) in [5.41, 5.74) is -0.943. The van der Waals surface area contributed by atoms with Gasteiger partial charge in [0.1, 0.15) is 12.2 Å². The number of anilines is 1. The molecule has 1 saturated heterocycles. The van der Waals surface area contributed by atoms with Crippen LogP contribution in [0.5, 0.6) is 0 Å². The lowest BCUT2D eigenvalue weighted by molar-refractivity contribution is -0.0355. The van der Waals surface area contributed by atoms with Crippen molar-refractivity contribution in [3.63, 3.8) is 0 Å². The smallest absolute Gasteiger partial charge is 0.412 e. The summed E-state index contributed by atoms with van der Waals surface area (Å²) in [6.45, 7) is 13.1. The van der Waals surface area contributed by atoms with Gasteiger partial charge in [0.05, 0.1) is 18.9 Å². The summed E-state index contributed by atoms with van der Waals surface area (Å²) < 4.78 is 25.8. The van der Waals surface area contributed by atoms with E-state index in [1.807, 2.05) is 0 Å². The Morgan fingerprint density at radius 3 is 2.00 bits per heavy atom. The molecule has 0 bridgehead atoms. The van der Waals surface area contributed by atoms with Crippen LogP contribution in [0.4, 0.5) is 15.0 Å². The number of aromatic nitrogens is 2. The molecule has 0 radical (unpaired) electrons. The van der Waals surface area contributed by atoms with Crippen molar-refractivity contribution in [2.45, 2.75) is 130 Å². The van der Waals surface area contributed by atoms with Crippen molar-refractivity contribution in [3.8, 4) is 0 Å². The molecule has 1 aliphatic rings. The Morgan fingerprint density at radius 1 is 0.975 bits per heavy atom. The van der Waals surface area contributed by atoms with Crippen LogP contribution in [-0.4, -0.2) is 50.8 Å². The van der Waals surface area contributed by atoms with Gasteiger partial charge in [-0.15, -0.1) is 0 Å². The van der Waals surface area contributed by atoms with Gasteiger partial charge in [-0.2, -0.15) is 4.98 Å². The van der Waals surface area contributed by atoms with Gasteiger partial charge in [0.15, 0.2) is 17.9 Å². The highest BCUT2D eigenvalue weighted by Crippen LogP contribution is 2.28. The molecule has 7 atom stereocenters. The first-order chi connectivity index (χ1) is 18.9. The number of halogens is 1. The van der Waals surface area contributed by atoms with Crippen molar-refractivity contribution in [2.24, 2.45) is 23.7 Å². The lowest BCUT2D eigenvalue weighted by Crippen LogP contribution is -2.36. The molecule has 0 aliphatic carbocycles. The molecule has 0 saturated carbocycles. The molecule has 2 heterocycles. The minimum Gasteiger partial charge on any atom is -0.449 e. The summed E-state index contributed by atoms with van der Waals surface area (Å²) in [6, 6.07) is 0. The number of carbonyl (C=O) groups is 1. The zero-order valence-electron chi connectivity index (χ0n) is 25.3. The summed E-state index contributed by atoms with van der Waals surface area (Å²) in [4.78, 5) is 28.0. The van der Waals surface area contributed by atoms with E-state index < -0.39 is 48.0 Å². The second-order valence-corrected chi connectivity index (χ2v) is 12.4. The van der Waals surface area contributed by atoms with E-state index in [1.165, 1.54) is 51.9 Å². The molecule has 1 aliphatic heterocycles. The molecular formula is C30H52FN3O6. The molecule has 1 amide bonds. The van der Waals surface area contributed by atoms with E-state index in [0.717, 1.165) is 35.4 Å². The summed E-state index contributed by atoms with van der Waals surface area (Å²) in [6.07, 6.45) is 7.20. The lowest BCUT2D eigenvalue weighted by Gasteiger charge is -2.18. The fourth-order valence-electron chi connectivity index (χ4n) is 5.20. The summed E-state index contributed by atoms with van der Waals surface area (Å²) in [7, 11) is 0. The van der Waals surface area contributed by atoms with Gasteiger partial charge in [-0.25, -0.2) is 14.0 Å². The Bertz CT molecular complexity index is 958. The van der Waals surface area contributed by atoms with Gasteiger partial charge >= 0.3 is 11.8 Å². The Balaban J connectivity index is 1.62. The number of nitrogens with one attached hydrogen (secondary N) is 1. The van der Waals surface area contributed by atoms with Gasteiger partial charge in [0, 0.05) is 0 Å². The van der Waals surface area contributed by atoms with Crippen molar-refractivity contribution >= 4 is 11.9 Å². The van der Waals surface area contributed by atoms with Crippen molar-refractivity contribution in [2.75, 3.05) is 11.9 Å². The second-order valence-electron chi connectivity index (χ2n) is 12.4. The minimum atomic E-state index is -1.42. The molecular weight excluding hydrogens is 517 g/mol. The fourth-order valence-corrected chi connectivity index (χ4v) is 5.20. The number of nitrogens with zero attached hydrogens (tertiary/aromatic N) is 2. The third kappa shape index (κ3) is 11.4. The van der Waals surface area contributed by atoms with Crippen molar-refractivity contribution in [1.82, 2.24) is 9.55 Å². The van der Waals surface area contributed by atoms with Crippen LogP contribution < -0.4 is 11.0 Å². The maximum absolute atomic E-state index is 14.5. The largest absolute Gasteiger partial charge is 0.449 e. The molecule has 3 N–H and O–H groups in total. The van der Waals surface area contributed by atoms with Gasteiger partial charge in [-0.05, 0) is 37.0 Å². The van der Waals surface area contributed by atoms with Crippen molar-refractivity contribution in [1.29, 1.82) is 0 Å². The Kier molecular flexibility index (Phi) is 14.6. The standard InChI is InChI=1S/C30H52FN3O6/c1-19(2)10-7-11-20(3)12-8-13-21(4)14-9-15-22(5)16-17-39-30(38)33-27-24(31)18-34(29(37)32-27)28-26(36)25(35)23(6)40-28/h18-23,25-26,28,35-36H,7-17H2,1-6H3,(H,32,33,37,38). The molecule has 1 aromatic heterocycles. The first kappa shape index (κ1) is 34.2. The van der Waals surface area contributed by atoms with Gasteiger partial charge < -0.3 is 19.7 Å². The third-order valence-corrected chi connectivity index (χ3v) is 7.99. The average molecular weight is 570 g/mol. The normalized spacial score (nSPS) is 23.2. The molecule has 9 nitrogen and oxygen atoms in total. The molecule has 0 spiro atoms. The third-order valence-electron chi connectivity index (χ3n) is 7.99. The SMILES string of the molecule is CC(C)CCCC(C)CCCC(C)CCCC(C)CCOC(=O)Nc1nc(=O)n(C2OC(C)C(O)C2O)cc1F. The van der Waals surface area contributed by atoms with E-state index >= 15 is 0 Å². The number of aliphatic hydroxyl groups excluding tert-OH is 2. The number of hydrogen-bond donors (Lipinski definition) is 3. The molecule has 1 fully saturated rings. The van der Waals surface area contributed by atoms with E-state index in [4.69, 9.17) is 9.47 Å². The number of carbonyl (C=O) groups excluding carboxylic acids is 1. The van der Waals surface area contributed by atoms with E-state index in [2.05, 4.69) is 44.9 Å². The highest BCUT2D eigenvalue weighted by atomic mass is 19.1. The van der Waals surface area contributed by atoms with Crippen LogP contribution in [0.25, 0.3) is 0 Å². The Morgan fingerprint density at radius 2 is 1.50 bits per heavy atom. The average Bonchev–Trinajstić information content (AvgIpc) is 3.12. The summed E-state index contributed by atoms with van der Waals surface area (Å²) >= 11 is 0. The van der Waals surface area contributed by atoms with E-state index in [1.54, 1.807) is 0 Å². The van der Waals surface area contributed by atoms with E-state index in [-0.39, 0.29) is 6.61 Å². The maximum Gasteiger partial charge on any atom is 0.412 e. The van der Waals surface area contributed by atoms with Crippen molar-refractivity contribution in [3.05, 3.63) is 22.5 Å². The van der Waals surface area contributed by atoms with Crippen LogP contribution in [0, 0.1) is 29.5 Å². The molecule has 7 unspecified atom stereocenters. The van der Waals surface area contributed by atoms with E-state index in [9.17, 15) is 24.2 Å². The summed E-state index contributed by atoms with van der Waals surface area (Å²) in [5.74, 6) is 1.15. The predicted molar refractivity (Wildman–Crippen MR) is 154 cm³/mol. The topological polar surface area (TPSA) is 123 Å². The van der Waals surface area contributed by atoms with Gasteiger partial charge in [-0.3, -0.25) is 9.88 Å². The second kappa shape index (κ2) is 17.0. The summed E-state index contributed by atoms with van der Waals surface area (Å²) in [5, 5.41) is 22.0. The van der Waals surface area contributed by atoms with Gasteiger partial charge in [0.25, 0.3) is 0 Å².